The van der Waals surface area contributed by atoms with E-state index < -0.39 is 12.4 Å². The van der Waals surface area contributed by atoms with Gasteiger partial charge in [0.15, 0.2) is 6.61 Å². The number of esters is 1. The molecule has 6 nitrogen and oxygen atoms in total. The first-order valence-corrected chi connectivity index (χ1v) is 12.0. The van der Waals surface area contributed by atoms with Crippen molar-refractivity contribution in [3.8, 4) is 17.0 Å². The molecule has 1 heterocycles. The van der Waals surface area contributed by atoms with E-state index in [1.54, 1.807) is 19.1 Å². The van der Waals surface area contributed by atoms with Crippen molar-refractivity contribution >= 4 is 11.8 Å². The highest BCUT2D eigenvalue weighted by Crippen LogP contribution is 2.30. The Bertz CT molecular complexity index is 1140. The quantitative estimate of drug-likeness (QED) is 0.266. The van der Waals surface area contributed by atoms with Gasteiger partial charge in [0, 0.05) is 29.8 Å². The summed E-state index contributed by atoms with van der Waals surface area (Å²) in [6.45, 7) is 9.33. The average Bonchev–Trinajstić information content (AvgIpc) is 2.89. The first kappa shape index (κ1) is 29.6. The Morgan fingerprint density at radius 1 is 1.03 bits per heavy atom. The van der Waals surface area contributed by atoms with Gasteiger partial charge in [-0.05, 0) is 44.4 Å². The fourth-order valence-electron chi connectivity index (χ4n) is 3.90. The molecule has 0 N–H and O–H groups in total. The minimum atomic E-state index is -2.50. The number of benzene rings is 2. The summed E-state index contributed by atoms with van der Waals surface area (Å²) in [4.78, 5) is 22.7. The highest BCUT2D eigenvalue weighted by molar-refractivity contribution is 5.71. The largest absolute Gasteiger partial charge is 0.482 e. The Balaban J connectivity index is 0.00000235. The second-order valence-electron chi connectivity index (χ2n) is 8.21. The van der Waals surface area contributed by atoms with E-state index in [0.717, 1.165) is 46.7 Å². The van der Waals surface area contributed by atoms with Crippen LogP contribution in [0.15, 0.2) is 48.8 Å². The summed E-state index contributed by atoms with van der Waals surface area (Å²) in [6.07, 6.45) is -0.0721. The number of aromatic nitrogens is 2. The van der Waals surface area contributed by atoms with Crippen molar-refractivity contribution in [2.75, 3.05) is 31.8 Å². The normalized spacial score (nSPS) is 10.5. The first-order chi connectivity index (χ1) is 17.8. The molecule has 3 aromatic rings. The molecule has 0 radical (unpaired) electrons. The van der Waals surface area contributed by atoms with Crippen LogP contribution < -0.4 is 9.64 Å². The molecule has 0 spiro atoms. The summed E-state index contributed by atoms with van der Waals surface area (Å²) in [5.41, 5.74) is 4.35. The second kappa shape index (κ2) is 14.8. The Labute approximate surface area is 216 Å². The van der Waals surface area contributed by atoms with Crippen LogP contribution in [0.1, 0.15) is 48.9 Å². The number of rotatable bonds is 11. The number of carbonyl (C=O) groups is 1. The van der Waals surface area contributed by atoms with Gasteiger partial charge in [-0.3, -0.25) is 4.39 Å². The van der Waals surface area contributed by atoms with Gasteiger partial charge in [0.2, 0.25) is 0 Å². The van der Waals surface area contributed by atoms with Crippen molar-refractivity contribution in [3.63, 3.8) is 0 Å². The Morgan fingerprint density at radius 3 is 2.32 bits per heavy atom. The Kier molecular flexibility index (Phi) is 11.9. The number of ether oxygens (including phenoxy) is 2. The van der Waals surface area contributed by atoms with E-state index in [-0.39, 0.29) is 12.2 Å². The van der Waals surface area contributed by atoms with Crippen LogP contribution in [0.4, 0.5) is 19.0 Å². The van der Waals surface area contributed by atoms with Crippen LogP contribution >= 0.6 is 0 Å². The molecule has 9 heteroatoms. The predicted octanol–water partition coefficient (Wildman–Crippen LogP) is 6.64. The van der Waals surface area contributed by atoms with E-state index in [0.29, 0.717) is 26.1 Å². The van der Waals surface area contributed by atoms with Gasteiger partial charge < -0.3 is 14.4 Å². The summed E-state index contributed by atoms with van der Waals surface area (Å²) < 4.78 is 45.9. The molecule has 0 unspecified atom stereocenters. The van der Waals surface area contributed by atoms with Crippen LogP contribution in [-0.4, -0.2) is 42.9 Å². The van der Waals surface area contributed by atoms with Crippen molar-refractivity contribution in [2.24, 2.45) is 0 Å². The lowest BCUT2D eigenvalue weighted by atomic mass is 10.0. The molecule has 0 aliphatic rings. The number of hydrogen-bond donors (Lipinski definition) is 0. The smallest absolute Gasteiger partial charge is 0.344 e. The van der Waals surface area contributed by atoms with Gasteiger partial charge in [0.25, 0.3) is 6.43 Å². The van der Waals surface area contributed by atoms with Crippen LogP contribution in [0.3, 0.4) is 0 Å². The zero-order chi connectivity index (χ0) is 27.4. The number of nitrogens with zero attached hydrogens (tertiary/aromatic N) is 3. The van der Waals surface area contributed by atoms with Gasteiger partial charge in [-0.2, -0.15) is 0 Å². The first-order valence-electron chi connectivity index (χ1n) is 12.0. The molecule has 0 saturated carbocycles. The van der Waals surface area contributed by atoms with Gasteiger partial charge in [-0.1, -0.05) is 43.3 Å². The molecule has 2 aromatic carbocycles. The molecular formula is C28H34F3N3O3. The molecule has 3 rings (SSSR count). The molecule has 0 fully saturated rings. The maximum absolute atomic E-state index is 12.9. The number of aryl methyl sites for hydroxylation is 1. The summed E-state index contributed by atoms with van der Waals surface area (Å²) in [5, 5.41) is 0. The third-order valence-electron chi connectivity index (χ3n) is 5.55. The predicted molar refractivity (Wildman–Crippen MR) is 139 cm³/mol. The molecule has 0 atom stereocenters. The molecular weight excluding hydrogens is 483 g/mol. The molecule has 0 aliphatic heterocycles. The zero-order valence-corrected chi connectivity index (χ0v) is 21.9. The van der Waals surface area contributed by atoms with Crippen molar-refractivity contribution in [3.05, 3.63) is 71.0 Å². The minimum Gasteiger partial charge on any atom is -0.482 e. The highest BCUT2D eigenvalue weighted by atomic mass is 19.3. The van der Waals surface area contributed by atoms with Crippen molar-refractivity contribution in [1.82, 2.24) is 9.97 Å². The maximum Gasteiger partial charge on any atom is 0.344 e. The fourth-order valence-corrected chi connectivity index (χ4v) is 3.90. The molecule has 1 aromatic heterocycles. The molecule has 0 aliphatic carbocycles. The van der Waals surface area contributed by atoms with Crippen molar-refractivity contribution in [2.45, 2.75) is 47.1 Å². The van der Waals surface area contributed by atoms with Crippen LogP contribution in [0, 0.1) is 13.8 Å². The standard InChI is InChI=1S/C27H31F2N3O3.CH3F/c1-5-13-32(15-20-7-12-23(18(3)14-20)35-16-24(33)34-6-2)27-19(4)25(30-17-31-27)21-8-10-22(11-9-21)26(28)29;1-2/h7-12,14,17,26H,5-6,13,15-16H2,1-4H3;1H3. The summed E-state index contributed by atoms with van der Waals surface area (Å²) in [5.74, 6) is 1.04. The van der Waals surface area contributed by atoms with Crippen LogP contribution in [0.2, 0.25) is 0 Å². The monoisotopic (exact) mass is 517 g/mol. The third kappa shape index (κ3) is 8.20. The summed E-state index contributed by atoms with van der Waals surface area (Å²) >= 11 is 0. The Morgan fingerprint density at radius 2 is 1.73 bits per heavy atom. The SMILES string of the molecule is CCCN(Cc1ccc(OCC(=O)OCC)c(C)c1)c1ncnc(-c2ccc(C(F)F)cc2)c1C.CF. The molecule has 0 amide bonds. The lowest BCUT2D eigenvalue weighted by Gasteiger charge is -2.26. The number of anilines is 1. The molecule has 0 saturated heterocycles. The lowest BCUT2D eigenvalue weighted by Crippen LogP contribution is -2.25. The maximum atomic E-state index is 12.9. The van der Waals surface area contributed by atoms with Crippen molar-refractivity contribution < 1.29 is 27.4 Å². The van der Waals surface area contributed by atoms with Gasteiger partial charge in [0.1, 0.15) is 17.9 Å². The van der Waals surface area contributed by atoms with E-state index in [9.17, 15) is 18.0 Å². The Hall–Kier alpha value is -3.62. The van der Waals surface area contributed by atoms with Crippen molar-refractivity contribution in [1.29, 1.82) is 0 Å². The number of hydrogen-bond acceptors (Lipinski definition) is 6. The highest BCUT2D eigenvalue weighted by Gasteiger charge is 2.17. The topological polar surface area (TPSA) is 64.5 Å². The minimum absolute atomic E-state index is 0.0154. The van der Waals surface area contributed by atoms with Crippen LogP contribution in [-0.2, 0) is 16.1 Å². The third-order valence-corrected chi connectivity index (χ3v) is 5.55. The number of alkyl halides is 3. The zero-order valence-electron chi connectivity index (χ0n) is 21.9. The summed E-state index contributed by atoms with van der Waals surface area (Å²) in [7, 11) is 0.500. The lowest BCUT2D eigenvalue weighted by molar-refractivity contribution is -0.145. The van der Waals surface area contributed by atoms with Gasteiger partial charge in [0.05, 0.1) is 19.5 Å². The van der Waals surface area contributed by atoms with E-state index in [4.69, 9.17) is 9.47 Å². The van der Waals surface area contributed by atoms with E-state index in [1.165, 1.54) is 18.5 Å². The number of halogens is 3. The van der Waals surface area contributed by atoms with Crippen LogP contribution in [0.5, 0.6) is 5.75 Å². The van der Waals surface area contributed by atoms with Gasteiger partial charge >= 0.3 is 5.97 Å². The average molecular weight is 518 g/mol. The second-order valence-corrected chi connectivity index (χ2v) is 8.21. The molecule has 0 bridgehead atoms. The van der Waals surface area contributed by atoms with Gasteiger partial charge in [-0.25, -0.2) is 23.5 Å². The van der Waals surface area contributed by atoms with E-state index in [2.05, 4.69) is 21.8 Å². The van der Waals surface area contributed by atoms with E-state index in [1.807, 2.05) is 32.0 Å². The molecule has 200 valence electrons. The fraction of sp³-hybridized carbons (Fsp3) is 0.393. The summed E-state index contributed by atoms with van der Waals surface area (Å²) in [6, 6.07) is 12.1. The molecule has 37 heavy (non-hydrogen) atoms. The van der Waals surface area contributed by atoms with Gasteiger partial charge in [-0.15, -0.1) is 0 Å². The van der Waals surface area contributed by atoms with E-state index >= 15 is 0 Å². The number of carbonyl (C=O) groups excluding carboxylic acids is 1. The van der Waals surface area contributed by atoms with Crippen LogP contribution in [0.25, 0.3) is 11.3 Å².